The van der Waals surface area contributed by atoms with Crippen LogP contribution in [0.5, 0.6) is 5.75 Å². The maximum absolute atomic E-state index is 12.5. The van der Waals surface area contributed by atoms with Crippen LogP contribution in [0.15, 0.2) is 24.3 Å². The highest BCUT2D eigenvalue weighted by Crippen LogP contribution is 2.48. The molecular formula is C19H26N2O2. The number of nitrogens with one attached hydrogen (secondary N) is 1. The molecule has 124 valence electrons. The lowest BCUT2D eigenvalue weighted by Crippen LogP contribution is -2.45. The molecule has 1 amide bonds. The van der Waals surface area contributed by atoms with Gasteiger partial charge in [0.25, 0.3) is 0 Å². The fourth-order valence-electron chi connectivity index (χ4n) is 3.88. The molecular weight excluding hydrogens is 288 g/mol. The van der Waals surface area contributed by atoms with Gasteiger partial charge in [0.15, 0.2) is 0 Å². The van der Waals surface area contributed by atoms with E-state index >= 15 is 0 Å². The van der Waals surface area contributed by atoms with E-state index < -0.39 is 0 Å². The third-order valence-corrected chi connectivity index (χ3v) is 5.59. The van der Waals surface area contributed by atoms with Gasteiger partial charge in [0.2, 0.25) is 5.91 Å². The molecule has 1 aromatic rings. The predicted molar refractivity (Wildman–Crippen MR) is 89.6 cm³/mol. The fraction of sp³-hybridized carbons (Fsp3) is 0.632. The van der Waals surface area contributed by atoms with Crippen molar-refractivity contribution in [1.82, 2.24) is 10.2 Å². The van der Waals surface area contributed by atoms with Gasteiger partial charge in [-0.15, -0.1) is 0 Å². The third kappa shape index (κ3) is 3.37. The second-order valence-corrected chi connectivity index (χ2v) is 7.28. The quantitative estimate of drug-likeness (QED) is 0.908. The lowest BCUT2D eigenvalue weighted by atomic mass is 10.0. The maximum Gasteiger partial charge on any atom is 0.223 e. The van der Waals surface area contributed by atoms with E-state index in [0.717, 1.165) is 44.1 Å². The number of methoxy groups -OCH3 is 1. The number of piperidine rings is 1. The average molecular weight is 314 g/mol. The molecule has 3 aliphatic rings. The fourth-order valence-corrected chi connectivity index (χ4v) is 3.88. The van der Waals surface area contributed by atoms with Crippen LogP contribution in [0.25, 0.3) is 0 Å². The Morgan fingerprint density at radius 1 is 1.22 bits per heavy atom. The molecule has 1 N–H and O–H groups in total. The number of likely N-dealkylation sites (tertiary alicyclic amines) is 1. The first-order chi connectivity index (χ1) is 11.2. The van der Waals surface area contributed by atoms with E-state index in [0.29, 0.717) is 12.0 Å². The van der Waals surface area contributed by atoms with E-state index in [1.54, 1.807) is 7.11 Å². The highest BCUT2D eigenvalue weighted by molar-refractivity contribution is 5.83. The Balaban J connectivity index is 1.27. The number of nitrogens with zero attached hydrogens (tertiary/aromatic N) is 1. The van der Waals surface area contributed by atoms with E-state index in [-0.39, 0.29) is 11.8 Å². The van der Waals surface area contributed by atoms with Crippen molar-refractivity contribution >= 4 is 5.91 Å². The van der Waals surface area contributed by atoms with Crippen LogP contribution < -0.4 is 10.1 Å². The smallest absolute Gasteiger partial charge is 0.223 e. The summed E-state index contributed by atoms with van der Waals surface area (Å²) >= 11 is 0. The van der Waals surface area contributed by atoms with Crippen molar-refractivity contribution in [2.24, 2.45) is 5.92 Å². The Morgan fingerprint density at radius 2 is 2.00 bits per heavy atom. The van der Waals surface area contributed by atoms with E-state index in [1.807, 2.05) is 12.1 Å². The van der Waals surface area contributed by atoms with Crippen molar-refractivity contribution in [3.05, 3.63) is 29.8 Å². The third-order valence-electron chi connectivity index (χ3n) is 5.59. The zero-order valence-corrected chi connectivity index (χ0v) is 13.8. The van der Waals surface area contributed by atoms with E-state index in [9.17, 15) is 4.79 Å². The van der Waals surface area contributed by atoms with E-state index in [1.165, 1.54) is 18.4 Å². The maximum atomic E-state index is 12.5. The topological polar surface area (TPSA) is 41.6 Å². The molecule has 0 radical (unpaired) electrons. The Labute approximate surface area is 138 Å². The Kier molecular flexibility index (Phi) is 4.02. The molecule has 0 aromatic heterocycles. The van der Waals surface area contributed by atoms with Gasteiger partial charge in [-0.05, 0) is 55.7 Å². The summed E-state index contributed by atoms with van der Waals surface area (Å²) in [7, 11) is 1.68. The van der Waals surface area contributed by atoms with Crippen LogP contribution in [-0.4, -0.2) is 43.1 Å². The van der Waals surface area contributed by atoms with Crippen LogP contribution in [0.1, 0.15) is 43.6 Å². The van der Waals surface area contributed by atoms with Gasteiger partial charge in [0.05, 0.1) is 7.11 Å². The van der Waals surface area contributed by atoms with Gasteiger partial charge >= 0.3 is 0 Å². The van der Waals surface area contributed by atoms with Crippen LogP contribution in [-0.2, 0) is 4.79 Å². The Morgan fingerprint density at radius 3 is 2.70 bits per heavy atom. The van der Waals surface area contributed by atoms with Gasteiger partial charge in [0, 0.05) is 31.1 Å². The molecule has 3 fully saturated rings. The van der Waals surface area contributed by atoms with E-state index in [2.05, 4.69) is 22.3 Å². The molecule has 2 aliphatic carbocycles. The first-order valence-corrected chi connectivity index (χ1v) is 8.93. The molecule has 2 saturated carbocycles. The molecule has 4 nitrogen and oxygen atoms in total. The first kappa shape index (κ1) is 15.0. The summed E-state index contributed by atoms with van der Waals surface area (Å²) in [6, 6.07) is 9.36. The number of ether oxygens (including phenoxy) is 1. The van der Waals surface area contributed by atoms with Crippen LogP contribution >= 0.6 is 0 Å². The first-order valence-electron chi connectivity index (χ1n) is 8.93. The lowest BCUT2D eigenvalue weighted by Gasteiger charge is -2.32. The van der Waals surface area contributed by atoms with Crippen molar-refractivity contribution in [3.8, 4) is 5.75 Å². The molecule has 1 aliphatic heterocycles. The van der Waals surface area contributed by atoms with Gasteiger partial charge in [-0.2, -0.15) is 0 Å². The summed E-state index contributed by atoms with van der Waals surface area (Å²) < 4.78 is 5.28. The molecule has 2 unspecified atom stereocenters. The Bertz CT molecular complexity index is 576. The minimum atomic E-state index is 0.156. The molecule has 0 spiro atoms. The summed E-state index contributed by atoms with van der Waals surface area (Å²) in [6.07, 6.45) is 5.94. The van der Waals surface area contributed by atoms with Crippen LogP contribution in [0.2, 0.25) is 0 Å². The van der Waals surface area contributed by atoms with Crippen molar-refractivity contribution in [2.75, 3.05) is 20.2 Å². The minimum Gasteiger partial charge on any atom is -0.497 e. The molecule has 2 atom stereocenters. The predicted octanol–water partition coefficient (Wildman–Crippen LogP) is 2.54. The zero-order valence-electron chi connectivity index (χ0n) is 13.8. The van der Waals surface area contributed by atoms with Gasteiger partial charge in [-0.25, -0.2) is 0 Å². The van der Waals surface area contributed by atoms with Crippen LogP contribution in [0.3, 0.4) is 0 Å². The number of rotatable bonds is 5. The largest absolute Gasteiger partial charge is 0.497 e. The lowest BCUT2D eigenvalue weighted by molar-refractivity contribution is -0.123. The second-order valence-electron chi connectivity index (χ2n) is 7.28. The number of hydrogen-bond acceptors (Lipinski definition) is 3. The van der Waals surface area contributed by atoms with E-state index in [4.69, 9.17) is 4.74 Å². The zero-order chi connectivity index (χ0) is 15.8. The summed E-state index contributed by atoms with van der Waals surface area (Å²) in [6.45, 7) is 2.30. The number of carbonyl (C=O) groups is 1. The van der Waals surface area contributed by atoms with Gasteiger partial charge in [-0.3, -0.25) is 4.79 Å². The average Bonchev–Trinajstić information content (AvgIpc) is 3.48. The monoisotopic (exact) mass is 314 g/mol. The van der Waals surface area contributed by atoms with Crippen LogP contribution in [0.4, 0.5) is 0 Å². The number of benzene rings is 1. The molecule has 23 heavy (non-hydrogen) atoms. The summed E-state index contributed by atoms with van der Waals surface area (Å²) in [4.78, 5) is 15.1. The van der Waals surface area contributed by atoms with Crippen LogP contribution in [0, 0.1) is 5.92 Å². The van der Waals surface area contributed by atoms with Gasteiger partial charge < -0.3 is 15.0 Å². The molecule has 4 heteroatoms. The van der Waals surface area contributed by atoms with Gasteiger partial charge in [-0.1, -0.05) is 12.1 Å². The summed E-state index contributed by atoms with van der Waals surface area (Å²) in [5.41, 5.74) is 1.23. The number of amides is 1. The van der Waals surface area contributed by atoms with Crippen molar-refractivity contribution in [3.63, 3.8) is 0 Å². The standard InChI is InChI=1S/C19H26N2O2/c1-23-16-4-2-3-13(11-16)17-12-18(17)19(22)20-14-7-9-21(10-8-14)15-5-6-15/h2-4,11,14-15,17-18H,5-10,12H2,1H3,(H,20,22). The molecule has 1 aromatic carbocycles. The SMILES string of the molecule is COc1cccc(C2CC2C(=O)NC2CCN(C3CC3)CC2)c1. The van der Waals surface area contributed by atoms with Crippen molar-refractivity contribution in [1.29, 1.82) is 0 Å². The minimum absolute atomic E-state index is 0.156. The van der Waals surface area contributed by atoms with Crippen molar-refractivity contribution in [2.45, 2.75) is 50.1 Å². The molecule has 0 bridgehead atoms. The summed E-state index contributed by atoms with van der Waals surface area (Å²) in [5.74, 6) is 1.66. The number of hydrogen-bond donors (Lipinski definition) is 1. The van der Waals surface area contributed by atoms with Gasteiger partial charge in [0.1, 0.15) is 5.75 Å². The molecule has 4 rings (SSSR count). The van der Waals surface area contributed by atoms with Crippen molar-refractivity contribution < 1.29 is 9.53 Å². The Hall–Kier alpha value is -1.55. The number of carbonyl (C=O) groups excluding carboxylic acids is 1. The molecule has 1 heterocycles. The highest BCUT2D eigenvalue weighted by Gasteiger charge is 2.44. The second kappa shape index (κ2) is 6.16. The highest BCUT2D eigenvalue weighted by atomic mass is 16.5. The molecule has 1 saturated heterocycles. The normalized spacial score (nSPS) is 28.4. The summed E-state index contributed by atoms with van der Waals surface area (Å²) in [5, 5.41) is 3.29.